The van der Waals surface area contributed by atoms with Gasteiger partial charge in [-0.2, -0.15) is 0 Å². The van der Waals surface area contributed by atoms with E-state index in [-0.39, 0.29) is 16.6 Å². The van der Waals surface area contributed by atoms with Crippen LogP contribution in [0, 0.1) is 11.7 Å². The summed E-state index contributed by atoms with van der Waals surface area (Å²) in [6, 6.07) is 4.52. The van der Waals surface area contributed by atoms with E-state index in [2.05, 4.69) is 5.32 Å². The van der Waals surface area contributed by atoms with Crippen LogP contribution in [0.15, 0.2) is 18.2 Å². The first-order valence-corrected chi connectivity index (χ1v) is 6.36. The lowest BCUT2D eigenvalue weighted by Gasteiger charge is -2.10. The molecule has 3 N–H and O–H groups in total. The molecule has 3 nitrogen and oxygen atoms in total. The van der Waals surface area contributed by atoms with E-state index in [1.165, 1.54) is 12.1 Å². The number of hydrogen-bond donors (Lipinski definition) is 2. The number of benzene rings is 1. The lowest BCUT2D eigenvalue weighted by Crippen LogP contribution is -2.14. The minimum absolute atomic E-state index is 0.00398. The maximum Gasteiger partial charge on any atom is 0.224 e. The van der Waals surface area contributed by atoms with Crippen LogP contribution >= 0.6 is 11.6 Å². The number of nitrogens with one attached hydrogen (secondary N) is 1. The highest BCUT2D eigenvalue weighted by Gasteiger charge is 2.10. The Hall–Kier alpha value is -1.13. The van der Waals surface area contributed by atoms with Crippen LogP contribution in [0.3, 0.4) is 0 Å². The van der Waals surface area contributed by atoms with Gasteiger partial charge in [-0.1, -0.05) is 24.6 Å². The highest BCUT2D eigenvalue weighted by Crippen LogP contribution is 2.22. The van der Waals surface area contributed by atoms with Crippen LogP contribution in [-0.4, -0.2) is 12.5 Å². The lowest BCUT2D eigenvalue weighted by atomic mass is 10.0. The van der Waals surface area contributed by atoms with E-state index in [0.29, 0.717) is 18.9 Å². The molecular weight excluding hydrogens is 255 g/mol. The molecule has 1 aromatic rings. The molecule has 0 aliphatic heterocycles. The molecule has 0 fully saturated rings. The number of anilines is 1. The number of rotatable bonds is 6. The van der Waals surface area contributed by atoms with E-state index < -0.39 is 5.82 Å². The van der Waals surface area contributed by atoms with Gasteiger partial charge in [0, 0.05) is 6.42 Å². The largest absolute Gasteiger partial charge is 0.330 e. The Bertz CT molecular complexity index is 412. The van der Waals surface area contributed by atoms with E-state index in [1.54, 1.807) is 6.07 Å². The van der Waals surface area contributed by atoms with Crippen molar-refractivity contribution in [1.82, 2.24) is 0 Å². The van der Waals surface area contributed by atoms with Gasteiger partial charge >= 0.3 is 0 Å². The molecule has 1 unspecified atom stereocenters. The summed E-state index contributed by atoms with van der Waals surface area (Å²) in [6.45, 7) is 2.66. The SMILES string of the molecule is CC(CCN)CCC(=O)Nc1cccc(Cl)c1F. The van der Waals surface area contributed by atoms with Gasteiger partial charge in [-0.15, -0.1) is 0 Å². The number of halogens is 2. The fraction of sp³-hybridized carbons (Fsp3) is 0.462. The Balaban J connectivity index is 2.47. The standard InChI is InChI=1S/C13H18ClFN2O/c1-9(7-8-16)5-6-12(18)17-11-4-2-3-10(14)13(11)15/h2-4,9H,5-8,16H2,1H3,(H,17,18). The van der Waals surface area contributed by atoms with Gasteiger partial charge in [-0.25, -0.2) is 4.39 Å². The average molecular weight is 273 g/mol. The molecule has 1 atom stereocenters. The maximum atomic E-state index is 13.5. The van der Waals surface area contributed by atoms with E-state index >= 15 is 0 Å². The Kier molecular flexibility index (Phi) is 6.09. The fourth-order valence-corrected chi connectivity index (χ4v) is 1.79. The first kappa shape index (κ1) is 14.9. The van der Waals surface area contributed by atoms with Crippen LogP contribution < -0.4 is 11.1 Å². The van der Waals surface area contributed by atoms with Gasteiger partial charge in [-0.05, 0) is 37.4 Å². The third kappa shape index (κ3) is 4.63. The quantitative estimate of drug-likeness (QED) is 0.836. The normalized spacial score (nSPS) is 12.2. The first-order chi connectivity index (χ1) is 8.54. The van der Waals surface area contributed by atoms with E-state index in [4.69, 9.17) is 17.3 Å². The molecule has 1 aromatic carbocycles. The highest BCUT2D eigenvalue weighted by molar-refractivity contribution is 6.31. The molecule has 100 valence electrons. The Morgan fingerprint density at radius 3 is 2.89 bits per heavy atom. The van der Waals surface area contributed by atoms with Crippen LogP contribution in [0.25, 0.3) is 0 Å². The first-order valence-electron chi connectivity index (χ1n) is 5.98. The molecule has 0 aliphatic rings. The van der Waals surface area contributed by atoms with Crippen LogP contribution in [0.1, 0.15) is 26.2 Å². The molecule has 18 heavy (non-hydrogen) atoms. The molecule has 0 saturated heterocycles. The van der Waals surface area contributed by atoms with Crippen molar-refractivity contribution in [2.24, 2.45) is 11.7 Å². The van der Waals surface area contributed by atoms with Crippen molar-refractivity contribution in [2.45, 2.75) is 26.2 Å². The summed E-state index contributed by atoms with van der Waals surface area (Å²) in [6.07, 6.45) is 1.98. The number of amides is 1. The predicted octanol–water partition coefficient (Wildman–Crippen LogP) is 3.18. The fourth-order valence-electron chi connectivity index (χ4n) is 1.62. The molecule has 0 aliphatic carbocycles. The van der Waals surface area contributed by atoms with Gasteiger partial charge in [-0.3, -0.25) is 4.79 Å². The van der Waals surface area contributed by atoms with Crippen molar-refractivity contribution in [3.63, 3.8) is 0 Å². The van der Waals surface area contributed by atoms with Crippen molar-refractivity contribution >= 4 is 23.2 Å². The summed E-state index contributed by atoms with van der Waals surface area (Å²) in [4.78, 5) is 11.6. The summed E-state index contributed by atoms with van der Waals surface area (Å²) in [5.74, 6) is -0.410. The molecule has 0 spiro atoms. The van der Waals surface area contributed by atoms with Crippen LogP contribution in [-0.2, 0) is 4.79 Å². The van der Waals surface area contributed by atoms with Crippen LogP contribution in [0.2, 0.25) is 5.02 Å². The van der Waals surface area contributed by atoms with Gasteiger partial charge in [0.15, 0.2) is 5.82 Å². The second-order valence-corrected chi connectivity index (χ2v) is 4.78. The third-order valence-electron chi connectivity index (χ3n) is 2.75. The average Bonchev–Trinajstić information content (AvgIpc) is 2.33. The maximum absolute atomic E-state index is 13.5. The number of nitrogens with two attached hydrogens (primary N) is 1. The molecular formula is C13H18ClFN2O. The topological polar surface area (TPSA) is 55.1 Å². The predicted molar refractivity (Wildman–Crippen MR) is 72.1 cm³/mol. The summed E-state index contributed by atoms with van der Waals surface area (Å²) in [5.41, 5.74) is 5.56. The summed E-state index contributed by atoms with van der Waals surface area (Å²) >= 11 is 5.63. The van der Waals surface area contributed by atoms with E-state index in [9.17, 15) is 9.18 Å². The van der Waals surface area contributed by atoms with Crippen molar-refractivity contribution in [3.05, 3.63) is 29.0 Å². The molecule has 1 rings (SSSR count). The third-order valence-corrected chi connectivity index (χ3v) is 3.04. The number of carbonyl (C=O) groups is 1. The van der Waals surface area contributed by atoms with Crippen LogP contribution in [0.5, 0.6) is 0 Å². The van der Waals surface area contributed by atoms with E-state index in [0.717, 1.165) is 12.8 Å². The molecule has 0 saturated carbocycles. The second-order valence-electron chi connectivity index (χ2n) is 4.37. The van der Waals surface area contributed by atoms with Gasteiger partial charge < -0.3 is 11.1 Å². The summed E-state index contributed by atoms with van der Waals surface area (Å²) in [7, 11) is 0. The minimum atomic E-state index is -0.595. The Labute approximate surface area is 112 Å². The van der Waals surface area contributed by atoms with Gasteiger partial charge in [0.2, 0.25) is 5.91 Å². The van der Waals surface area contributed by atoms with Gasteiger partial charge in [0.1, 0.15) is 0 Å². The van der Waals surface area contributed by atoms with Crippen molar-refractivity contribution in [3.8, 4) is 0 Å². The minimum Gasteiger partial charge on any atom is -0.330 e. The highest BCUT2D eigenvalue weighted by atomic mass is 35.5. The van der Waals surface area contributed by atoms with Crippen LogP contribution in [0.4, 0.5) is 10.1 Å². The number of carbonyl (C=O) groups excluding carboxylic acids is 1. The second kappa shape index (κ2) is 7.34. The van der Waals surface area contributed by atoms with Gasteiger partial charge in [0.05, 0.1) is 10.7 Å². The summed E-state index contributed by atoms with van der Waals surface area (Å²) < 4.78 is 13.5. The zero-order chi connectivity index (χ0) is 13.5. The molecule has 0 aromatic heterocycles. The summed E-state index contributed by atoms with van der Waals surface area (Å²) in [5, 5.41) is 2.52. The van der Waals surface area contributed by atoms with Crippen molar-refractivity contribution < 1.29 is 9.18 Å². The zero-order valence-corrected chi connectivity index (χ0v) is 11.1. The molecule has 5 heteroatoms. The molecule has 1 amide bonds. The van der Waals surface area contributed by atoms with Crippen molar-refractivity contribution in [2.75, 3.05) is 11.9 Å². The number of hydrogen-bond acceptors (Lipinski definition) is 2. The Morgan fingerprint density at radius 1 is 1.50 bits per heavy atom. The van der Waals surface area contributed by atoms with Crippen molar-refractivity contribution in [1.29, 1.82) is 0 Å². The molecule has 0 heterocycles. The van der Waals surface area contributed by atoms with E-state index in [1.807, 2.05) is 6.92 Å². The smallest absolute Gasteiger partial charge is 0.224 e. The zero-order valence-electron chi connectivity index (χ0n) is 10.4. The Morgan fingerprint density at radius 2 is 2.22 bits per heavy atom. The molecule has 0 radical (unpaired) electrons. The lowest BCUT2D eigenvalue weighted by molar-refractivity contribution is -0.116. The monoisotopic (exact) mass is 272 g/mol. The van der Waals surface area contributed by atoms with Gasteiger partial charge in [0.25, 0.3) is 0 Å². The molecule has 0 bridgehead atoms.